The summed E-state index contributed by atoms with van der Waals surface area (Å²) >= 11 is 12.0. The lowest BCUT2D eigenvalue weighted by Crippen LogP contribution is -2.35. The predicted molar refractivity (Wildman–Crippen MR) is 102 cm³/mol. The number of carbonyl (C=O) groups is 1. The van der Waals surface area contributed by atoms with Crippen molar-refractivity contribution >= 4 is 39.9 Å². The second-order valence-electron chi connectivity index (χ2n) is 5.72. The van der Waals surface area contributed by atoms with Gasteiger partial charge in [0.05, 0.1) is 0 Å². The van der Waals surface area contributed by atoms with Crippen LogP contribution >= 0.6 is 23.2 Å². The first-order valence-electron chi connectivity index (χ1n) is 7.90. The van der Waals surface area contributed by atoms with Gasteiger partial charge in [0.25, 0.3) is 5.91 Å². The Morgan fingerprint density at radius 2 is 1.80 bits per heavy atom. The lowest BCUT2D eigenvalue weighted by molar-refractivity contribution is -0.127. The van der Waals surface area contributed by atoms with E-state index < -0.39 is 6.10 Å². The van der Waals surface area contributed by atoms with Crippen LogP contribution in [0.25, 0.3) is 10.8 Å². The molecule has 3 rings (SSSR count). The van der Waals surface area contributed by atoms with Crippen LogP contribution in [0.1, 0.15) is 12.5 Å². The van der Waals surface area contributed by atoms with Crippen LogP contribution in [0.2, 0.25) is 10.0 Å². The van der Waals surface area contributed by atoms with E-state index in [4.69, 9.17) is 27.9 Å². The molecular formula is C20H17Cl2NO2. The highest BCUT2D eigenvalue weighted by Crippen LogP contribution is 2.22. The van der Waals surface area contributed by atoms with Gasteiger partial charge in [-0.25, -0.2) is 0 Å². The number of amides is 1. The fourth-order valence-corrected chi connectivity index (χ4v) is 2.96. The van der Waals surface area contributed by atoms with Gasteiger partial charge in [0.15, 0.2) is 6.10 Å². The van der Waals surface area contributed by atoms with Gasteiger partial charge in [-0.2, -0.15) is 0 Å². The molecule has 3 nitrogen and oxygen atoms in total. The van der Waals surface area contributed by atoms with Gasteiger partial charge in [0, 0.05) is 16.6 Å². The summed E-state index contributed by atoms with van der Waals surface area (Å²) in [4.78, 5) is 12.3. The highest BCUT2D eigenvalue weighted by Gasteiger charge is 2.15. The Hall–Kier alpha value is -2.23. The zero-order valence-electron chi connectivity index (χ0n) is 13.6. The predicted octanol–water partition coefficient (Wildman–Crippen LogP) is 5.23. The molecule has 0 spiro atoms. The Bertz CT molecular complexity index is 911. The topological polar surface area (TPSA) is 38.3 Å². The number of ether oxygens (including phenoxy) is 1. The molecule has 1 N–H and O–H groups in total. The normalized spacial score (nSPS) is 12.0. The van der Waals surface area contributed by atoms with Crippen LogP contribution < -0.4 is 10.1 Å². The maximum absolute atomic E-state index is 12.3. The zero-order chi connectivity index (χ0) is 17.8. The Balaban J connectivity index is 1.61. The Kier molecular flexibility index (Phi) is 5.47. The highest BCUT2D eigenvalue weighted by atomic mass is 35.5. The third-order valence-corrected chi connectivity index (χ3v) is 4.46. The standard InChI is InChI=1S/C20H17Cl2NO2/c1-13(20(24)23-12-16-6-8-17(21)11-19(16)22)25-18-9-7-14-4-2-3-5-15(14)10-18/h2-11,13H,12H2,1H3,(H,23,24)/t13-/m1/s1. The summed E-state index contributed by atoms with van der Waals surface area (Å²) in [7, 11) is 0. The van der Waals surface area contributed by atoms with Crippen molar-refractivity contribution in [2.45, 2.75) is 19.6 Å². The Morgan fingerprint density at radius 1 is 1.04 bits per heavy atom. The first-order valence-corrected chi connectivity index (χ1v) is 8.65. The molecule has 3 aromatic rings. The molecule has 0 bridgehead atoms. The molecule has 0 saturated carbocycles. The summed E-state index contributed by atoms with van der Waals surface area (Å²) in [5.74, 6) is 0.449. The number of rotatable bonds is 5. The SMILES string of the molecule is C[C@@H](Oc1ccc2ccccc2c1)C(=O)NCc1ccc(Cl)cc1Cl. The molecule has 0 fully saturated rings. The highest BCUT2D eigenvalue weighted by molar-refractivity contribution is 6.35. The van der Waals surface area contributed by atoms with E-state index in [9.17, 15) is 4.79 Å². The molecule has 0 aliphatic heterocycles. The van der Waals surface area contributed by atoms with E-state index in [-0.39, 0.29) is 5.91 Å². The minimum absolute atomic E-state index is 0.209. The van der Waals surface area contributed by atoms with Crippen molar-refractivity contribution in [3.8, 4) is 5.75 Å². The molecule has 0 radical (unpaired) electrons. The number of halogens is 2. The summed E-state index contributed by atoms with van der Waals surface area (Å²) in [6.07, 6.45) is -0.618. The van der Waals surface area contributed by atoms with E-state index >= 15 is 0 Å². The number of hydrogen-bond acceptors (Lipinski definition) is 2. The van der Waals surface area contributed by atoms with Crippen LogP contribution in [0.15, 0.2) is 60.7 Å². The number of nitrogens with one attached hydrogen (secondary N) is 1. The average Bonchev–Trinajstić information content (AvgIpc) is 2.60. The maximum atomic E-state index is 12.3. The van der Waals surface area contributed by atoms with Gasteiger partial charge in [0.1, 0.15) is 5.75 Å². The second-order valence-corrected chi connectivity index (χ2v) is 6.57. The quantitative estimate of drug-likeness (QED) is 0.664. The van der Waals surface area contributed by atoms with Gasteiger partial charge in [0.2, 0.25) is 0 Å². The van der Waals surface area contributed by atoms with Gasteiger partial charge in [-0.05, 0) is 47.5 Å². The number of benzene rings is 3. The Morgan fingerprint density at radius 3 is 2.56 bits per heavy atom. The zero-order valence-corrected chi connectivity index (χ0v) is 15.1. The van der Waals surface area contributed by atoms with Crippen molar-refractivity contribution in [3.63, 3.8) is 0 Å². The molecule has 5 heteroatoms. The first-order chi connectivity index (χ1) is 12.0. The molecule has 1 amide bonds. The van der Waals surface area contributed by atoms with Crippen LogP contribution in [0.4, 0.5) is 0 Å². The van der Waals surface area contributed by atoms with Crippen molar-refractivity contribution in [2.75, 3.05) is 0 Å². The first kappa shape index (κ1) is 17.6. The van der Waals surface area contributed by atoms with E-state index in [1.54, 1.807) is 25.1 Å². The maximum Gasteiger partial charge on any atom is 0.261 e. The monoisotopic (exact) mass is 373 g/mol. The Labute approximate surface area is 156 Å². The van der Waals surface area contributed by atoms with E-state index in [0.29, 0.717) is 22.3 Å². The largest absolute Gasteiger partial charge is 0.481 e. The van der Waals surface area contributed by atoms with Crippen molar-refractivity contribution in [1.82, 2.24) is 5.32 Å². The van der Waals surface area contributed by atoms with Gasteiger partial charge >= 0.3 is 0 Å². The average molecular weight is 374 g/mol. The lowest BCUT2D eigenvalue weighted by atomic mass is 10.1. The van der Waals surface area contributed by atoms with Crippen molar-refractivity contribution < 1.29 is 9.53 Å². The van der Waals surface area contributed by atoms with Crippen LogP contribution in [-0.2, 0) is 11.3 Å². The molecule has 0 aliphatic rings. The fraction of sp³-hybridized carbons (Fsp3) is 0.150. The molecule has 25 heavy (non-hydrogen) atoms. The van der Waals surface area contributed by atoms with Gasteiger partial charge in [-0.3, -0.25) is 4.79 Å². The van der Waals surface area contributed by atoms with Gasteiger partial charge in [-0.15, -0.1) is 0 Å². The summed E-state index contributed by atoms with van der Waals surface area (Å²) in [6.45, 7) is 2.04. The van der Waals surface area contributed by atoms with E-state index in [0.717, 1.165) is 16.3 Å². The van der Waals surface area contributed by atoms with Crippen molar-refractivity contribution in [3.05, 3.63) is 76.3 Å². The molecule has 0 unspecified atom stereocenters. The van der Waals surface area contributed by atoms with Gasteiger partial charge in [-0.1, -0.05) is 59.6 Å². The molecular weight excluding hydrogens is 357 g/mol. The lowest BCUT2D eigenvalue weighted by Gasteiger charge is -2.15. The van der Waals surface area contributed by atoms with Gasteiger partial charge < -0.3 is 10.1 Å². The summed E-state index contributed by atoms with van der Waals surface area (Å²) in [5, 5.41) is 6.11. The summed E-state index contributed by atoms with van der Waals surface area (Å²) in [5.41, 5.74) is 0.803. The van der Waals surface area contributed by atoms with E-state index in [1.807, 2.05) is 42.5 Å². The smallest absolute Gasteiger partial charge is 0.261 e. The molecule has 0 aromatic heterocycles. The third-order valence-electron chi connectivity index (χ3n) is 3.87. The molecule has 128 valence electrons. The molecule has 0 saturated heterocycles. The van der Waals surface area contributed by atoms with Crippen LogP contribution in [0, 0.1) is 0 Å². The number of fused-ring (bicyclic) bond motifs is 1. The number of carbonyl (C=O) groups excluding carboxylic acids is 1. The van der Waals surface area contributed by atoms with Crippen LogP contribution in [-0.4, -0.2) is 12.0 Å². The van der Waals surface area contributed by atoms with Crippen molar-refractivity contribution in [1.29, 1.82) is 0 Å². The molecule has 0 aliphatic carbocycles. The van der Waals surface area contributed by atoms with Crippen LogP contribution in [0.3, 0.4) is 0 Å². The third kappa shape index (κ3) is 4.44. The molecule has 0 heterocycles. The number of hydrogen-bond donors (Lipinski definition) is 1. The minimum atomic E-state index is -0.618. The van der Waals surface area contributed by atoms with Crippen LogP contribution in [0.5, 0.6) is 5.75 Å². The van der Waals surface area contributed by atoms with Crippen molar-refractivity contribution in [2.24, 2.45) is 0 Å². The minimum Gasteiger partial charge on any atom is -0.481 e. The second kappa shape index (κ2) is 7.77. The fourth-order valence-electron chi connectivity index (χ4n) is 2.49. The molecule has 1 atom stereocenters. The summed E-state index contributed by atoms with van der Waals surface area (Å²) in [6, 6.07) is 18.9. The molecule has 3 aromatic carbocycles. The van der Waals surface area contributed by atoms with E-state index in [1.165, 1.54) is 0 Å². The van der Waals surface area contributed by atoms with E-state index in [2.05, 4.69) is 5.32 Å². The summed E-state index contributed by atoms with van der Waals surface area (Å²) < 4.78 is 5.76.